The van der Waals surface area contributed by atoms with Crippen LogP contribution in [-0.2, 0) is 17.1 Å². The van der Waals surface area contributed by atoms with Crippen LogP contribution in [-0.4, -0.2) is 19.8 Å². The summed E-state index contributed by atoms with van der Waals surface area (Å²) in [5.74, 6) is 0. The van der Waals surface area contributed by atoms with E-state index in [1.54, 1.807) is 0 Å². The number of hydrogen-bond donors (Lipinski definition) is 0. The van der Waals surface area contributed by atoms with Crippen LogP contribution >= 0.6 is 0 Å². The van der Waals surface area contributed by atoms with Crippen LogP contribution in [0, 0.1) is 79.9 Å². The van der Waals surface area contributed by atoms with E-state index in [1.165, 1.54) is 0 Å². The fourth-order valence-electron chi connectivity index (χ4n) is 0. The van der Waals surface area contributed by atoms with Gasteiger partial charge >= 0.3 is 19.8 Å². The Hall–Kier alpha value is 3.81. The standard InChI is InChI=1S/Cu.Ga.Pr.Tb.3H. The van der Waals surface area contributed by atoms with E-state index in [-0.39, 0.29) is 117 Å². The Morgan fingerprint density at radius 3 is 1.00 bits per heavy atom. The van der Waals surface area contributed by atoms with Crippen LogP contribution in [0.5, 0.6) is 0 Å². The Balaban J connectivity index is 0. The molecule has 0 aromatic rings. The van der Waals surface area contributed by atoms with Crippen molar-refractivity contribution < 1.29 is 97.0 Å². The molecule has 0 nitrogen and oxygen atoms in total. The largest absolute Gasteiger partial charge is 0 e. The van der Waals surface area contributed by atoms with E-state index in [2.05, 4.69) is 0 Å². The first kappa shape index (κ1) is 25.0. The number of hydrogen-bond acceptors (Lipinski definition) is 0. The van der Waals surface area contributed by atoms with Crippen molar-refractivity contribution in [2.24, 2.45) is 0 Å². The van der Waals surface area contributed by atoms with Crippen molar-refractivity contribution in [3.8, 4) is 0 Å². The van der Waals surface area contributed by atoms with Gasteiger partial charge in [-0.25, -0.2) is 0 Å². The molecule has 3 radical (unpaired) electrons. The summed E-state index contributed by atoms with van der Waals surface area (Å²) < 4.78 is 0. The van der Waals surface area contributed by atoms with Gasteiger partial charge in [0, 0.05) is 97.0 Å². The molecule has 0 heterocycles. The van der Waals surface area contributed by atoms with Crippen LogP contribution in [0.1, 0.15) is 0 Å². The van der Waals surface area contributed by atoms with E-state index in [4.69, 9.17) is 0 Å². The molecule has 0 fully saturated rings. The van der Waals surface area contributed by atoms with E-state index in [1.807, 2.05) is 0 Å². The zero-order valence-electron chi connectivity index (χ0n) is 1.21. The summed E-state index contributed by atoms with van der Waals surface area (Å²) in [6.45, 7) is 0. The average Bonchev–Trinajstić information content (AvgIpc) is 0. The van der Waals surface area contributed by atoms with Crippen molar-refractivity contribution in [3.05, 3.63) is 0 Å². The van der Waals surface area contributed by atoms with Crippen molar-refractivity contribution in [2.75, 3.05) is 0 Å². The van der Waals surface area contributed by atoms with Gasteiger partial charge in [0.15, 0.2) is 0 Å². The Bertz CT molecular complexity index is 8.00. The zero-order valence-corrected chi connectivity index (χ0v) is 8.00. The minimum Gasteiger partial charge on any atom is 0 e. The maximum absolute atomic E-state index is 0. The predicted octanol–water partition coefficient (Wildman–Crippen LogP) is -1.19. The van der Waals surface area contributed by atoms with Gasteiger partial charge in [-0.1, -0.05) is 0 Å². The fraction of sp³-hybridized carbons (Fsp3) is 0. The summed E-state index contributed by atoms with van der Waals surface area (Å²) in [7, 11) is 0. The van der Waals surface area contributed by atoms with Gasteiger partial charge in [0.25, 0.3) is 0 Å². The minimum absolute atomic E-state index is 0. The van der Waals surface area contributed by atoms with Crippen LogP contribution in [0.15, 0.2) is 0 Å². The molecular formula is H3CuGaPrTb. The first-order valence-electron chi connectivity index (χ1n) is 0. The summed E-state index contributed by atoms with van der Waals surface area (Å²) in [6.07, 6.45) is 0. The Morgan fingerprint density at radius 1 is 1.00 bits per heavy atom. The average molecular weight is 436 g/mol. The molecule has 29 valence electrons. The molecule has 4 heteroatoms. The van der Waals surface area contributed by atoms with Crippen molar-refractivity contribution in [3.63, 3.8) is 0 Å². The molecule has 0 saturated heterocycles. The summed E-state index contributed by atoms with van der Waals surface area (Å²) >= 11 is 0. The van der Waals surface area contributed by atoms with Crippen molar-refractivity contribution >= 4 is 19.8 Å². The van der Waals surface area contributed by atoms with E-state index in [0.29, 0.717) is 0 Å². The maximum atomic E-state index is 0. The van der Waals surface area contributed by atoms with Crippen molar-refractivity contribution in [2.45, 2.75) is 0 Å². The topological polar surface area (TPSA) is 0 Å². The van der Waals surface area contributed by atoms with Gasteiger partial charge in [-0.3, -0.25) is 0 Å². The van der Waals surface area contributed by atoms with Crippen LogP contribution in [0.4, 0.5) is 0 Å². The van der Waals surface area contributed by atoms with E-state index in [0.717, 1.165) is 0 Å². The first-order chi connectivity index (χ1) is 0. The van der Waals surface area contributed by atoms with Gasteiger partial charge in [0.2, 0.25) is 0 Å². The first-order valence-corrected chi connectivity index (χ1v) is 0. The second-order valence-electron chi connectivity index (χ2n) is 0. The molecule has 0 atom stereocenters. The van der Waals surface area contributed by atoms with Gasteiger partial charge in [-0.15, -0.1) is 0 Å². The molecule has 0 aliphatic heterocycles. The number of rotatable bonds is 0. The summed E-state index contributed by atoms with van der Waals surface area (Å²) in [6, 6.07) is 0. The van der Waals surface area contributed by atoms with Gasteiger partial charge in [-0.05, 0) is 0 Å². The summed E-state index contributed by atoms with van der Waals surface area (Å²) in [5.41, 5.74) is 0. The van der Waals surface area contributed by atoms with Crippen LogP contribution < -0.4 is 0 Å². The normalized spacial score (nSPS) is 0. The second kappa shape index (κ2) is 15.8. The molecule has 0 bridgehead atoms. The van der Waals surface area contributed by atoms with Gasteiger partial charge in [-0.2, -0.15) is 0 Å². The van der Waals surface area contributed by atoms with E-state index >= 15 is 0 Å². The monoisotopic (exact) mass is 435 g/mol. The molecule has 4 heavy (non-hydrogen) atoms. The quantitative estimate of drug-likeness (QED) is 0.420. The third-order valence-electron chi connectivity index (χ3n) is 0. The molecule has 0 saturated carbocycles. The molecule has 0 aromatic heterocycles. The van der Waals surface area contributed by atoms with Crippen molar-refractivity contribution in [1.82, 2.24) is 0 Å². The molecular weight excluding hydrogens is 433 g/mol. The van der Waals surface area contributed by atoms with Crippen LogP contribution in [0.3, 0.4) is 0 Å². The van der Waals surface area contributed by atoms with Gasteiger partial charge in [0.05, 0.1) is 0 Å². The van der Waals surface area contributed by atoms with Crippen molar-refractivity contribution in [1.29, 1.82) is 0 Å². The second-order valence-corrected chi connectivity index (χ2v) is 0. The Labute approximate surface area is 114 Å². The van der Waals surface area contributed by atoms with Gasteiger partial charge in [0.1, 0.15) is 0 Å². The third-order valence-corrected chi connectivity index (χ3v) is 0. The molecule has 0 unspecified atom stereocenters. The molecule has 0 spiro atoms. The van der Waals surface area contributed by atoms with Gasteiger partial charge < -0.3 is 0 Å². The van der Waals surface area contributed by atoms with E-state index < -0.39 is 0 Å². The molecule has 0 aliphatic carbocycles. The predicted molar refractivity (Wildman–Crippen MR) is 9.94 cm³/mol. The summed E-state index contributed by atoms with van der Waals surface area (Å²) in [4.78, 5) is 0. The Kier molecular flexibility index (Phi) is 98.8. The maximum Gasteiger partial charge on any atom is 0 e. The minimum atomic E-state index is 0. The Morgan fingerprint density at radius 2 is 1.00 bits per heavy atom. The third kappa shape index (κ3) is 9.26. The van der Waals surface area contributed by atoms with Crippen LogP contribution in [0.2, 0.25) is 0 Å². The smallest absolute Gasteiger partial charge is 0 e. The molecule has 0 N–H and O–H groups in total. The molecule has 0 amide bonds. The fourth-order valence-corrected chi connectivity index (χ4v) is 0. The van der Waals surface area contributed by atoms with Crippen LogP contribution in [0.25, 0.3) is 0 Å². The summed E-state index contributed by atoms with van der Waals surface area (Å²) in [5, 5.41) is 0. The van der Waals surface area contributed by atoms with E-state index in [9.17, 15) is 0 Å². The molecule has 0 rings (SSSR count). The molecule has 0 aliphatic rings. The zero-order chi connectivity index (χ0) is 0. The SMILES string of the molecule is [Cu].[GaH3].[Pr].[Tb]. The molecule has 0 aromatic carbocycles.